The number of carbonyl (C=O) groups excluding carboxylic acids is 1. The fourth-order valence-electron chi connectivity index (χ4n) is 1.99. The zero-order chi connectivity index (χ0) is 15.5. The Morgan fingerprint density at radius 1 is 1.36 bits per heavy atom. The molecule has 9 heteroatoms. The summed E-state index contributed by atoms with van der Waals surface area (Å²) in [6.45, 7) is 5.06. The minimum atomic E-state index is -3.40. The summed E-state index contributed by atoms with van der Waals surface area (Å²) in [6.07, 6.45) is 2.73. The molecule has 1 fully saturated rings. The number of anilines is 2. The summed E-state index contributed by atoms with van der Waals surface area (Å²) in [7, 11) is -3.40. The van der Waals surface area contributed by atoms with Crippen molar-refractivity contribution < 1.29 is 13.2 Å². The van der Waals surface area contributed by atoms with Gasteiger partial charge >= 0.3 is 0 Å². The lowest BCUT2D eigenvalue weighted by atomic mass is 10.3. The van der Waals surface area contributed by atoms with Crippen molar-refractivity contribution >= 4 is 39.7 Å². The zero-order valence-corrected chi connectivity index (χ0v) is 14.2. The van der Waals surface area contributed by atoms with Crippen molar-refractivity contribution in [1.29, 1.82) is 0 Å². The third kappa shape index (κ3) is 4.82. The molecule has 1 atom stereocenters. The topological polar surface area (TPSA) is 91.4 Å². The van der Waals surface area contributed by atoms with Crippen LogP contribution < -0.4 is 15.5 Å². The van der Waals surface area contributed by atoms with Crippen molar-refractivity contribution in [2.75, 3.05) is 42.7 Å². The molecule has 2 heterocycles. The Bertz CT molecular complexity index is 600. The van der Waals surface area contributed by atoms with Crippen molar-refractivity contribution in [1.82, 2.24) is 10.3 Å². The van der Waals surface area contributed by atoms with Gasteiger partial charge in [-0.1, -0.05) is 0 Å². The zero-order valence-electron chi connectivity index (χ0n) is 12.6. The second-order valence-corrected chi connectivity index (χ2v) is 7.47. The van der Waals surface area contributed by atoms with E-state index in [-0.39, 0.29) is 12.4 Å². The number of piperazine rings is 1. The van der Waals surface area contributed by atoms with Crippen LogP contribution in [0, 0.1) is 0 Å². The molecule has 1 unspecified atom stereocenters. The van der Waals surface area contributed by atoms with Gasteiger partial charge in [0, 0.05) is 32.4 Å². The van der Waals surface area contributed by atoms with Gasteiger partial charge in [-0.15, -0.1) is 12.4 Å². The van der Waals surface area contributed by atoms with Gasteiger partial charge in [-0.3, -0.25) is 4.79 Å². The van der Waals surface area contributed by atoms with Crippen molar-refractivity contribution in [3.63, 3.8) is 0 Å². The van der Waals surface area contributed by atoms with Crippen molar-refractivity contribution in [2.24, 2.45) is 0 Å². The predicted octanol–water partition coefficient (Wildman–Crippen LogP) is 0.285. The van der Waals surface area contributed by atoms with E-state index < -0.39 is 21.0 Å². The van der Waals surface area contributed by atoms with Crippen LogP contribution in [0.5, 0.6) is 0 Å². The molecule has 7 nitrogen and oxygen atoms in total. The van der Waals surface area contributed by atoms with Gasteiger partial charge in [0.25, 0.3) is 0 Å². The molecular weight excluding hydrogens is 328 g/mol. The number of amides is 1. The number of hydrogen-bond donors (Lipinski definition) is 2. The molecule has 1 aromatic rings. The first kappa shape index (κ1) is 18.7. The molecule has 0 bridgehead atoms. The summed E-state index contributed by atoms with van der Waals surface area (Å²) in [5.41, 5.74) is 0.991. The summed E-state index contributed by atoms with van der Waals surface area (Å²) in [5, 5.41) is 4.70. The molecule has 2 rings (SSSR count). The number of rotatable bonds is 4. The number of halogens is 1. The SMILES string of the molecule is CC(C(=O)Nc1ccc(N2CCNCC2)cn1)S(C)(=O)=O.Cl. The normalized spacial score (nSPS) is 16.5. The molecule has 124 valence electrons. The fourth-order valence-corrected chi connectivity index (χ4v) is 2.44. The first-order chi connectivity index (χ1) is 9.88. The van der Waals surface area contributed by atoms with Crippen molar-refractivity contribution in [2.45, 2.75) is 12.2 Å². The third-order valence-electron chi connectivity index (χ3n) is 3.49. The number of carbonyl (C=O) groups is 1. The minimum Gasteiger partial charge on any atom is -0.368 e. The second-order valence-electron chi connectivity index (χ2n) is 5.10. The van der Waals surface area contributed by atoms with E-state index in [1.807, 2.05) is 6.07 Å². The van der Waals surface area contributed by atoms with Crippen molar-refractivity contribution in [3.05, 3.63) is 18.3 Å². The van der Waals surface area contributed by atoms with Crippen LogP contribution in [0.15, 0.2) is 18.3 Å². The van der Waals surface area contributed by atoms with E-state index in [1.54, 1.807) is 12.3 Å². The van der Waals surface area contributed by atoms with Crippen LogP contribution >= 0.6 is 12.4 Å². The molecule has 1 saturated heterocycles. The van der Waals surface area contributed by atoms with Gasteiger partial charge in [0.05, 0.1) is 11.9 Å². The van der Waals surface area contributed by atoms with Gasteiger partial charge in [0.15, 0.2) is 9.84 Å². The van der Waals surface area contributed by atoms with Crippen LogP contribution in [0.1, 0.15) is 6.92 Å². The lowest BCUT2D eigenvalue weighted by molar-refractivity contribution is -0.115. The Hall–Kier alpha value is -1.38. The van der Waals surface area contributed by atoms with Crippen LogP contribution in [0.25, 0.3) is 0 Å². The molecule has 1 aliphatic rings. The van der Waals surface area contributed by atoms with Crippen LogP contribution in [0.4, 0.5) is 11.5 Å². The lowest BCUT2D eigenvalue weighted by Crippen LogP contribution is -2.43. The fraction of sp³-hybridized carbons (Fsp3) is 0.538. The first-order valence-electron chi connectivity index (χ1n) is 6.79. The van der Waals surface area contributed by atoms with Gasteiger partial charge in [-0.05, 0) is 19.1 Å². The summed E-state index contributed by atoms with van der Waals surface area (Å²) in [4.78, 5) is 18.2. The van der Waals surface area contributed by atoms with E-state index in [0.717, 1.165) is 38.1 Å². The summed E-state index contributed by atoms with van der Waals surface area (Å²) in [6, 6.07) is 3.56. The summed E-state index contributed by atoms with van der Waals surface area (Å²) < 4.78 is 22.7. The largest absolute Gasteiger partial charge is 0.368 e. The molecule has 1 amide bonds. The Morgan fingerprint density at radius 3 is 2.50 bits per heavy atom. The molecule has 0 aromatic carbocycles. The highest BCUT2D eigenvalue weighted by molar-refractivity contribution is 7.92. The Morgan fingerprint density at radius 2 is 2.00 bits per heavy atom. The second kappa shape index (κ2) is 7.75. The predicted molar refractivity (Wildman–Crippen MR) is 89.5 cm³/mol. The molecular formula is C13H21ClN4O3S. The molecule has 0 aliphatic carbocycles. The van der Waals surface area contributed by atoms with E-state index in [9.17, 15) is 13.2 Å². The van der Waals surface area contributed by atoms with Crippen molar-refractivity contribution in [3.8, 4) is 0 Å². The molecule has 2 N–H and O–H groups in total. The highest BCUT2D eigenvalue weighted by atomic mass is 35.5. The monoisotopic (exact) mass is 348 g/mol. The number of pyridine rings is 1. The third-order valence-corrected chi connectivity index (χ3v) is 4.99. The molecule has 22 heavy (non-hydrogen) atoms. The minimum absolute atomic E-state index is 0. The number of nitrogens with zero attached hydrogens (tertiary/aromatic N) is 2. The Balaban J connectivity index is 0.00000242. The van der Waals surface area contributed by atoms with E-state index in [0.29, 0.717) is 5.82 Å². The van der Waals surface area contributed by atoms with Gasteiger partial charge in [0.2, 0.25) is 5.91 Å². The lowest BCUT2D eigenvalue weighted by Gasteiger charge is -2.29. The van der Waals surface area contributed by atoms with Crippen LogP contribution in [0.3, 0.4) is 0 Å². The van der Waals surface area contributed by atoms with Gasteiger partial charge < -0.3 is 15.5 Å². The maximum absolute atomic E-state index is 11.8. The highest BCUT2D eigenvalue weighted by Crippen LogP contribution is 2.16. The highest BCUT2D eigenvalue weighted by Gasteiger charge is 2.23. The van der Waals surface area contributed by atoms with Crippen LogP contribution in [0.2, 0.25) is 0 Å². The Labute approximate surface area is 136 Å². The molecule has 0 spiro atoms. The van der Waals surface area contributed by atoms with Gasteiger partial charge in [-0.25, -0.2) is 13.4 Å². The number of hydrogen-bond acceptors (Lipinski definition) is 6. The quantitative estimate of drug-likeness (QED) is 0.812. The Kier molecular flexibility index (Phi) is 6.58. The molecule has 1 aromatic heterocycles. The van der Waals surface area contributed by atoms with Gasteiger partial charge in [0.1, 0.15) is 11.1 Å². The maximum Gasteiger partial charge on any atom is 0.243 e. The standard InChI is InChI=1S/C13H20N4O3S.ClH/c1-10(21(2,19)20)13(18)16-12-4-3-11(9-15-12)17-7-5-14-6-8-17;/h3-4,9-10,14H,5-8H2,1-2H3,(H,15,16,18);1H. The van der Waals surface area contributed by atoms with E-state index in [1.165, 1.54) is 6.92 Å². The van der Waals surface area contributed by atoms with E-state index in [2.05, 4.69) is 20.5 Å². The summed E-state index contributed by atoms with van der Waals surface area (Å²) >= 11 is 0. The molecule has 0 saturated carbocycles. The average molecular weight is 349 g/mol. The van der Waals surface area contributed by atoms with E-state index in [4.69, 9.17) is 0 Å². The number of nitrogens with one attached hydrogen (secondary N) is 2. The average Bonchev–Trinajstić information content (AvgIpc) is 2.47. The maximum atomic E-state index is 11.8. The first-order valence-corrected chi connectivity index (χ1v) is 8.75. The molecule has 0 radical (unpaired) electrons. The van der Waals surface area contributed by atoms with Crippen LogP contribution in [-0.2, 0) is 14.6 Å². The van der Waals surface area contributed by atoms with E-state index >= 15 is 0 Å². The van der Waals surface area contributed by atoms with Crippen LogP contribution in [-0.4, -0.2) is 57.0 Å². The number of aromatic nitrogens is 1. The smallest absolute Gasteiger partial charge is 0.243 e. The number of sulfone groups is 1. The molecule has 1 aliphatic heterocycles. The van der Waals surface area contributed by atoms with Gasteiger partial charge in [-0.2, -0.15) is 0 Å². The summed E-state index contributed by atoms with van der Waals surface area (Å²) in [5.74, 6) is -0.214.